The number of likely N-dealkylation sites (N-methyl/N-ethyl adjacent to an activating group) is 1. The van der Waals surface area contributed by atoms with Gasteiger partial charge in [-0.2, -0.15) is 0 Å². The van der Waals surface area contributed by atoms with Gasteiger partial charge in [-0.05, 0) is 40.6 Å². The topological polar surface area (TPSA) is 51.1 Å². The maximum atomic E-state index is 11.8. The van der Waals surface area contributed by atoms with Gasteiger partial charge in [-0.3, -0.25) is 9.89 Å². The molecule has 0 aliphatic heterocycles. The van der Waals surface area contributed by atoms with Gasteiger partial charge >= 0.3 is 5.97 Å². The van der Waals surface area contributed by atoms with E-state index in [-0.39, 0.29) is 12.1 Å². The Kier molecular flexibility index (Phi) is 8.70. The van der Waals surface area contributed by atoms with Crippen LogP contribution < -0.4 is 0 Å². The molecule has 0 bridgehead atoms. The summed E-state index contributed by atoms with van der Waals surface area (Å²) in [5.41, 5.74) is 0. The summed E-state index contributed by atoms with van der Waals surface area (Å²) in [6, 6.07) is 1.83. The molecule has 0 amide bonds. The fourth-order valence-corrected chi connectivity index (χ4v) is 3.58. The number of esters is 1. The van der Waals surface area contributed by atoms with E-state index in [1.807, 2.05) is 27.0 Å². The van der Waals surface area contributed by atoms with Crippen LogP contribution in [0.4, 0.5) is 5.00 Å². The van der Waals surface area contributed by atoms with Crippen molar-refractivity contribution in [3.63, 3.8) is 0 Å². The lowest BCUT2D eigenvalue weighted by Gasteiger charge is -2.16. The lowest BCUT2D eigenvalue weighted by Crippen LogP contribution is -2.23. The van der Waals surface area contributed by atoms with Gasteiger partial charge in [0.1, 0.15) is 9.88 Å². The second kappa shape index (κ2) is 9.99. The molecule has 22 heavy (non-hydrogen) atoms. The molecule has 1 aromatic rings. The minimum atomic E-state index is -0.303. The minimum Gasteiger partial charge on any atom is -0.462 e. The summed E-state index contributed by atoms with van der Waals surface area (Å²) in [6.07, 6.45) is 0.252. The Morgan fingerprint density at radius 3 is 2.86 bits per heavy atom. The molecule has 0 N–H and O–H groups in total. The quantitative estimate of drug-likeness (QED) is 0.281. The van der Waals surface area contributed by atoms with Gasteiger partial charge < -0.3 is 9.47 Å². The third-order valence-electron chi connectivity index (χ3n) is 2.66. The number of rotatable bonds is 10. The van der Waals surface area contributed by atoms with Crippen molar-refractivity contribution >= 4 is 40.8 Å². The standard InChI is InChI=1S/C15H24N2O3S2/c1-6-19-15(18)13-9-12(14(16-4)22-13)21-10-17(5)7-8-20-11(2)3/h9,11H,4,6-8,10H2,1-3,5H3. The van der Waals surface area contributed by atoms with Crippen LogP contribution in [0.3, 0.4) is 0 Å². The van der Waals surface area contributed by atoms with Gasteiger partial charge in [0.25, 0.3) is 0 Å². The van der Waals surface area contributed by atoms with E-state index in [2.05, 4.69) is 16.6 Å². The molecule has 0 radical (unpaired) electrons. The van der Waals surface area contributed by atoms with E-state index in [0.29, 0.717) is 18.1 Å². The zero-order valence-electron chi connectivity index (χ0n) is 13.6. The van der Waals surface area contributed by atoms with Crippen LogP contribution in [0, 0.1) is 0 Å². The molecule has 0 saturated carbocycles. The molecular formula is C15H24N2O3S2. The molecule has 0 aromatic carbocycles. The summed E-state index contributed by atoms with van der Waals surface area (Å²) in [4.78, 5) is 19.4. The van der Waals surface area contributed by atoms with Gasteiger partial charge in [0, 0.05) is 17.3 Å². The van der Waals surface area contributed by atoms with E-state index in [1.165, 1.54) is 11.3 Å². The van der Waals surface area contributed by atoms with Gasteiger partial charge in [0.05, 0.1) is 19.3 Å². The monoisotopic (exact) mass is 344 g/mol. The Balaban J connectivity index is 2.54. The smallest absolute Gasteiger partial charge is 0.348 e. The average molecular weight is 345 g/mol. The summed E-state index contributed by atoms with van der Waals surface area (Å²) in [5.74, 6) is 0.492. The predicted molar refractivity (Wildman–Crippen MR) is 93.9 cm³/mol. The first-order valence-electron chi connectivity index (χ1n) is 7.18. The predicted octanol–water partition coefficient (Wildman–Crippen LogP) is 3.66. The molecule has 124 valence electrons. The van der Waals surface area contributed by atoms with E-state index in [0.717, 1.165) is 22.3 Å². The Labute approximate surface area is 140 Å². The highest BCUT2D eigenvalue weighted by Gasteiger charge is 2.15. The molecule has 0 unspecified atom stereocenters. The molecule has 0 saturated heterocycles. The van der Waals surface area contributed by atoms with Crippen molar-refractivity contribution in [2.75, 3.05) is 32.7 Å². The van der Waals surface area contributed by atoms with Crippen LogP contribution in [0.15, 0.2) is 16.0 Å². The summed E-state index contributed by atoms with van der Waals surface area (Å²) in [5, 5.41) is 0.764. The maximum Gasteiger partial charge on any atom is 0.348 e. The van der Waals surface area contributed by atoms with Crippen molar-refractivity contribution in [2.45, 2.75) is 31.8 Å². The van der Waals surface area contributed by atoms with Crippen molar-refractivity contribution in [3.8, 4) is 0 Å². The van der Waals surface area contributed by atoms with Crippen molar-refractivity contribution in [2.24, 2.45) is 4.99 Å². The first-order valence-corrected chi connectivity index (χ1v) is 8.98. The van der Waals surface area contributed by atoms with Crippen LogP contribution >= 0.6 is 23.1 Å². The molecule has 1 aromatic heterocycles. The molecule has 0 spiro atoms. The van der Waals surface area contributed by atoms with E-state index in [1.54, 1.807) is 18.7 Å². The normalized spacial score (nSPS) is 11.2. The molecule has 0 aliphatic rings. The number of hydrogen-bond acceptors (Lipinski definition) is 7. The molecule has 0 atom stereocenters. The van der Waals surface area contributed by atoms with E-state index < -0.39 is 0 Å². The fraction of sp³-hybridized carbons (Fsp3) is 0.600. The Bertz CT molecular complexity index is 489. The molecule has 0 aliphatic carbocycles. The Hall–Kier alpha value is -0.890. The number of aliphatic imine (C=N–C) groups is 1. The molecule has 5 nitrogen and oxygen atoms in total. The number of thioether (sulfide) groups is 1. The van der Waals surface area contributed by atoms with E-state index >= 15 is 0 Å². The van der Waals surface area contributed by atoms with Crippen LogP contribution in [0.5, 0.6) is 0 Å². The number of carbonyl (C=O) groups excluding carboxylic acids is 1. The second-order valence-corrected chi connectivity index (χ2v) is 6.95. The van der Waals surface area contributed by atoms with Crippen LogP contribution in [-0.4, -0.2) is 56.4 Å². The summed E-state index contributed by atoms with van der Waals surface area (Å²) < 4.78 is 10.5. The molecule has 1 rings (SSSR count). The first-order chi connectivity index (χ1) is 10.5. The van der Waals surface area contributed by atoms with Crippen LogP contribution in [0.2, 0.25) is 0 Å². The van der Waals surface area contributed by atoms with Crippen LogP contribution in [-0.2, 0) is 9.47 Å². The van der Waals surface area contributed by atoms with E-state index in [9.17, 15) is 4.79 Å². The van der Waals surface area contributed by atoms with Crippen molar-refractivity contribution in [1.29, 1.82) is 0 Å². The zero-order valence-corrected chi connectivity index (χ0v) is 15.3. The van der Waals surface area contributed by atoms with Crippen molar-refractivity contribution in [1.82, 2.24) is 4.90 Å². The fourth-order valence-electron chi connectivity index (χ4n) is 1.57. The third-order valence-corrected chi connectivity index (χ3v) is 5.03. The SMILES string of the molecule is C=Nc1sc(C(=O)OCC)cc1SCN(C)CCOC(C)C. The lowest BCUT2D eigenvalue weighted by atomic mass is 10.4. The minimum absolute atomic E-state index is 0.252. The van der Waals surface area contributed by atoms with Gasteiger partial charge in [-0.25, -0.2) is 4.79 Å². The van der Waals surface area contributed by atoms with Gasteiger partial charge in [0.2, 0.25) is 0 Å². The summed E-state index contributed by atoms with van der Waals surface area (Å²) in [6.45, 7) is 11.4. The van der Waals surface area contributed by atoms with E-state index in [4.69, 9.17) is 9.47 Å². The first kappa shape index (κ1) is 19.2. The Morgan fingerprint density at radius 1 is 1.55 bits per heavy atom. The van der Waals surface area contributed by atoms with Gasteiger partial charge in [-0.1, -0.05) is 0 Å². The maximum absolute atomic E-state index is 11.8. The number of hydrogen-bond donors (Lipinski definition) is 0. The van der Waals surface area contributed by atoms with Crippen LogP contribution in [0.25, 0.3) is 0 Å². The van der Waals surface area contributed by atoms with Crippen molar-refractivity contribution in [3.05, 3.63) is 10.9 Å². The lowest BCUT2D eigenvalue weighted by molar-refractivity contribution is 0.0532. The van der Waals surface area contributed by atoms with Crippen LogP contribution in [0.1, 0.15) is 30.4 Å². The number of carbonyl (C=O) groups is 1. The Morgan fingerprint density at radius 2 is 2.27 bits per heavy atom. The zero-order chi connectivity index (χ0) is 16.5. The van der Waals surface area contributed by atoms with Crippen molar-refractivity contribution < 1.29 is 14.3 Å². The second-order valence-electron chi connectivity index (χ2n) is 4.93. The highest BCUT2D eigenvalue weighted by atomic mass is 32.2. The molecular weight excluding hydrogens is 320 g/mol. The summed E-state index contributed by atoms with van der Waals surface area (Å²) in [7, 11) is 2.04. The van der Waals surface area contributed by atoms with Gasteiger partial charge in [-0.15, -0.1) is 23.1 Å². The number of thiophene rings is 1. The molecule has 7 heteroatoms. The van der Waals surface area contributed by atoms with Gasteiger partial charge in [0.15, 0.2) is 0 Å². The highest BCUT2D eigenvalue weighted by molar-refractivity contribution is 7.99. The number of ether oxygens (including phenoxy) is 2. The third kappa shape index (κ3) is 6.48. The molecule has 1 heterocycles. The number of nitrogens with zero attached hydrogens (tertiary/aromatic N) is 2. The largest absolute Gasteiger partial charge is 0.462 e. The molecule has 0 fully saturated rings. The highest BCUT2D eigenvalue weighted by Crippen LogP contribution is 2.38. The summed E-state index contributed by atoms with van der Waals surface area (Å²) >= 11 is 2.95. The average Bonchev–Trinajstić information content (AvgIpc) is 2.88.